The Bertz CT molecular complexity index is 589. The van der Waals surface area contributed by atoms with Gasteiger partial charge in [0.1, 0.15) is 11.6 Å². The zero-order chi connectivity index (χ0) is 15.1. The molecule has 0 fully saturated rings. The van der Waals surface area contributed by atoms with Gasteiger partial charge in [0.15, 0.2) is 6.61 Å². The molecular formula is C16H16FNO3. The predicted molar refractivity (Wildman–Crippen MR) is 76.3 cm³/mol. The van der Waals surface area contributed by atoms with Gasteiger partial charge in [-0.25, -0.2) is 4.39 Å². The lowest BCUT2D eigenvalue weighted by Gasteiger charge is -2.13. The van der Waals surface area contributed by atoms with Crippen molar-refractivity contribution in [1.82, 2.24) is 5.32 Å². The number of aliphatic hydroxyl groups is 1. The average Bonchev–Trinajstić information content (AvgIpc) is 2.52. The van der Waals surface area contributed by atoms with Gasteiger partial charge < -0.3 is 15.2 Å². The summed E-state index contributed by atoms with van der Waals surface area (Å²) in [6.45, 7) is -0.230. The van der Waals surface area contributed by atoms with Crippen molar-refractivity contribution in [2.45, 2.75) is 6.10 Å². The maximum Gasteiger partial charge on any atom is 0.258 e. The van der Waals surface area contributed by atoms with Gasteiger partial charge in [0.25, 0.3) is 5.91 Å². The van der Waals surface area contributed by atoms with Crippen LogP contribution in [0.4, 0.5) is 4.39 Å². The summed E-state index contributed by atoms with van der Waals surface area (Å²) in [5.41, 5.74) is 0.154. The van der Waals surface area contributed by atoms with Crippen molar-refractivity contribution in [3.8, 4) is 5.75 Å². The topological polar surface area (TPSA) is 58.6 Å². The number of hydrogen-bond acceptors (Lipinski definition) is 3. The highest BCUT2D eigenvalue weighted by Crippen LogP contribution is 2.15. The molecule has 0 aromatic heterocycles. The molecule has 2 rings (SSSR count). The third-order valence-electron chi connectivity index (χ3n) is 2.87. The molecule has 2 aromatic carbocycles. The van der Waals surface area contributed by atoms with E-state index < -0.39 is 11.9 Å². The van der Waals surface area contributed by atoms with Crippen molar-refractivity contribution in [2.24, 2.45) is 0 Å². The molecule has 1 atom stereocenters. The molecule has 0 bridgehead atoms. The molecule has 5 heteroatoms. The summed E-state index contributed by atoms with van der Waals surface area (Å²) >= 11 is 0. The van der Waals surface area contributed by atoms with E-state index in [1.54, 1.807) is 30.3 Å². The van der Waals surface area contributed by atoms with E-state index in [0.717, 1.165) is 0 Å². The number of aliphatic hydroxyl groups excluding tert-OH is 1. The number of para-hydroxylation sites is 1. The van der Waals surface area contributed by atoms with Crippen LogP contribution in [0, 0.1) is 5.82 Å². The van der Waals surface area contributed by atoms with Crippen LogP contribution in [0.15, 0.2) is 54.6 Å². The summed E-state index contributed by atoms with van der Waals surface area (Å²) in [6, 6.07) is 14.8. The number of amides is 1. The molecule has 0 spiro atoms. The first kappa shape index (κ1) is 15.0. The fourth-order valence-corrected chi connectivity index (χ4v) is 1.78. The minimum atomic E-state index is -1.09. The Labute approximate surface area is 122 Å². The smallest absolute Gasteiger partial charge is 0.258 e. The molecule has 0 saturated carbocycles. The highest BCUT2D eigenvalue weighted by atomic mass is 19.1. The van der Waals surface area contributed by atoms with Gasteiger partial charge in [0.2, 0.25) is 0 Å². The maximum atomic E-state index is 13.4. The van der Waals surface area contributed by atoms with E-state index in [2.05, 4.69) is 5.32 Å². The zero-order valence-corrected chi connectivity index (χ0v) is 11.3. The maximum absolute atomic E-state index is 13.4. The van der Waals surface area contributed by atoms with Crippen LogP contribution < -0.4 is 10.1 Å². The van der Waals surface area contributed by atoms with Crippen molar-refractivity contribution in [2.75, 3.05) is 13.2 Å². The summed E-state index contributed by atoms with van der Waals surface area (Å²) in [4.78, 5) is 11.6. The van der Waals surface area contributed by atoms with Gasteiger partial charge in [-0.2, -0.15) is 0 Å². The first-order valence-corrected chi connectivity index (χ1v) is 6.54. The van der Waals surface area contributed by atoms with Crippen LogP contribution in [0.5, 0.6) is 5.75 Å². The van der Waals surface area contributed by atoms with Crippen LogP contribution in [0.1, 0.15) is 11.7 Å². The zero-order valence-electron chi connectivity index (χ0n) is 11.3. The molecule has 2 N–H and O–H groups in total. The van der Waals surface area contributed by atoms with Crippen molar-refractivity contribution in [3.05, 3.63) is 66.0 Å². The summed E-state index contributed by atoms with van der Waals surface area (Å²) in [7, 11) is 0. The van der Waals surface area contributed by atoms with E-state index in [0.29, 0.717) is 5.75 Å². The van der Waals surface area contributed by atoms with Crippen LogP contribution in [-0.4, -0.2) is 24.2 Å². The van der Waals surface area contributed by atoms with Gasteiger partial charge >= 0.3 is 0 Å². The fraction of sp³-hybridized carbons (Fsp3) is 0.188. The number of ether oxygens (including phenoxy) is 1. The number of carbonyl (C=O) groups excluding carboxylic acids is 1. The lowest BCUT2D eigenvalue weighted by molar-refractivity contribution is -0.123. The normalized spacial score (nSPS) is 11.7. The lowest BCUT2D eigenvalue weighted by Crippen LogP contribution is -2.32. The monoisotopic (exact) mass is 289 g/mol. The first-order chi connectivity index (χ1) is 10.2. The second-order valence-electron chi connectivity index (χ2n) is 4.44. The number of nitrogens with one attached hydrogen (secondary N) is 1. The van der Waals surface area contributed by atoms with Gasteiger partial charge in [0, 0.05) is 12.1 Å². The second-order valence-corrected chi connectivity index (χ2v) is 4.44. The molecule has 1 unspecified atom stereocenters. The number of halogens is 1. The Morgan fingerprint density at radius 3 is 2.52 bits per heavy atom. The molecule has 110 valence electrons. The number of hydrogen-bond donors (Lipinski definition) is 2. The molecule has 2 aromatic rings. The van der Waals surface area contributed by atoms with Crippen LogP contribution >= 0.6 is 0 Å². The van der Waals surface area contributed by atoms with E-state index in [1.807, 2.05) is 6.07 Å². The van der Waals surface area contributed by atoms with Crippen LogP contribution in [0.3, 0.4) is 0 Å². The minimum absolute atomic E-state index is 0.0715. The van der Waals surface area contributed by atoms with Crippen LogP contribution in [0.2, 0.25) is 0 Å². The van der Waals surface area contributed by atoms with Crippen molar-refractivity contribution in [1.29, 1.82) is 0 Å². The minimum Gasteiger partial charge on any atom is -0.484 e. The summed E-state index contributed by atoms with van der Waals surface area (Å²) < 4.78 is 18.7. The lowest BCUT2D eigenvalue weighted by atomic mass is 10.1. The van der Waals surface area contributed by atoms with Crippen LogP contribution in [-0.2, 0) is 4.79 Å². The fourth-order valence-electron chi connectivity index (χ4n) is 1.78. The molecule has 0 aliphatic heterocycles. The van der Waals surface area contributed by atoms with E-state index in [9.17, 15) is 14.3 Å². The molecule has 0 aliphatic carbocycles. The van der Waals surface area contributed by atoms with E-state index >= 15 is 0 Å². The molecule has 4 nitrogen and oxygen atoms in total. The van der Waals surface area contributed by atoms with E-state index in [4.69, 9.17) is 4.74 Å². The molecule has 0 aliphatic rings. The second kappa shape index (κ2) is 7.40. The van der Waals surface area contributed by atoms with E-state index in [-0.39, 0.29) is 24.6 Å². The van der Waals surface area contributed by atoms with E-state index in [1.165, 1.54) is 18.2 Å². The predicted octanol–water partition coefficient (Wildman–Crippen LogP) is 2.05. The van der Waals surface area contributed by atoms with Gasteiger partial charge in [-0.05, 0) is 18.2 Å². The molecule has 21 heavy (non-hydrogen) atoms. The number of carbonyl (C=O) groups is 1. The Morgan fingerprint density at radius 1 is 1.14 bits per heavy atom. The van der Waals surface area contributed by atoms with Gasteiger partial charge in [-0.15, -0.1) is 0 Å². The molecular weight excluding hydrogens is 273 g/mol. The Kier molecular flexibility index (Phi) is 5.29. The molecule has 0 saturated heterocycles. The average molecular weight is 289 g/mol. The highest BCUT2D eigenvalue weighted by Gasteiger charge is 2.13. The largest absolute Gasteiger partial charge is 0.484 e. The van der Waals surface area contributed by atoms with Crippen molar-refractivity contribution in [3.63, 3.8) is 0 Å². The van der Waals surface area contributed by atoms with Crippen LogP contribution in [0.25, 0.3) is 0 Å². The summed E-state index contributed by atoms with van der Waals surface area (Å²) in [6.07, 6.45) is -1.09. The van der Waals surface area contributed by atoms with Crippen molar-refractivity contribution < 1.29 is 19.0 Å². The molecule has 0 radical (unpaired) electrons. The SMILES string of the molecule is O=C(COc1ccccc1)NCC(O)c1ccccc1F. The number of benzene rings is 2. The third kappa shape index (κ3) is 4.57. The summed E-state index contributed by atoms with van der Waals surface area (Å²) in [5, 5.41) is 12.3. The Hall–Kier alpha value is -2.40. The Balaban J connectivity index is 1.77. The third-order valence-corrected chi connectivity index (χ3v) is 2.87. The highest BCUT2D eigenvalue weighted by molar-refractivity contribution is 5.77. The first-order valence-electron chi connectivity index (χ1n) is 6.54. The Morgan fingerprint density at radius 2 is 1.81 bits per heavy atom. The molecule has 0 heterocycles. The van der Waals surface area contributed by atoms with Gasteiger partial charge in [-0.1, -0.05) is 36.4 Å². The molecule has 1 amide bonds. The van der Waals surface area contributed by atoms with Crippen molar-refractivity contribution >= 4 is 5.91 Å². The number of rotatable bonds is 6. The van der Waals surface area contributed by atoms with Gasteiger partial charge in [0.05, 0.1) is 6.10 Å². The standard InChI is InChI=1S/C16H16FNO3/c17-14-9-5-4-8-13(14)15(19)10-18-16(20)11-21-12-6-2-1-3-7-12/h1-9,15,19H,10-11H2,(H,18,20). The quantitative estimate of drug-likeness (QED) is 0.855. The summed E-state index contributed by atoms with van der Waals surface area (Å²) in [5.74, 6) is -0.295. The van der Waals surface area contributed by atoms with Gasteiger partial charge in [-0.3, -0.25) is 4.79 Å².